The number of hydrogen-bond donors (Lipinski definition) is 2. The predicted octanol–water partition coefficient (Wildman–Crippen LogP) is 5.18. The summed E-state index contributed by atoms with van der Waals surface area (Å²) in [6.45, 7) is 1.91. The van der Waals surface area contributed by atoms with Crippen molar-refractivity contribution >= 4 is 51.2 Å². The zero-order valence-electron chi connectivity index (χ0n) is 11.3. The van der Waals surface area contributed by atoms with Crippen molar-refractivity contribution in [1.29, 1.82) is 0 Å². The Morgan fingerprint density at radius 1 is 1.05 bits per heavy atom. The van der Waals surface area contributed by atoms with Crippen LogP contribution < -0.4 is 11.1 Å². The number of nitrogens with two attached hydrogens (primary N) is 1. The van der Waals surface area contributed by atoms with Crippen LogP contribution in [0.15, 0.2) is 42.6 Å². The standard InChI is InChI=1S/C16H13Cl2N3/c1-9-7-12(18)15(8-11(9)17)21-14-5-4-13(19)10-3-2-6-20-16(10)14/h2-8,21H,19H2,1H3. The van der Waals surface area contributed by atoms with Gasteiger partial charge in [0.05, 0.1) is 21.9 Å². The highest BCUT2D eigenvalue weighted by atomic mass is 35.5. The van der Waals surface area contributed by atoms with Gasteiger partial charge >= 0.3 is 0 Å². The fourth-order valence-electron chi connectivity index (χ4n) is 2.18. The number of pyridine rings is 1. The largest absolute Gasteiger partial charge is 0.398 e. The topological polar surface area (TPSA) is 50.9 Å². The fourth-order valence-corrected chi connectivity index (χ4v) is 2.61. The Labute approximate surface area is 132 Å². The second-order valence-corrected chi connectivity index (χ2v) is 5.62. The average molecular weight is 318 g/mol. The Morgan fingerprint density at radius 3 is 2.67 bits per heavy atom. The van der Waals surface area contributed by atoms with Crippen LogP contribution in [0.4, 0.5) is 17.1 Å². The third kappa shape index (κ3) is 2.62. The molecule has 0 saturated heterocycles. The number of nitrogens with zero attached hydrogens (tertiary/aromatic N) is 1. The number of hydrogen-bond acceptors (Lipinski definition) is 3. The van der Waals surface area contributed by atoms with E-state index in [1.165, 1.54) is 0 Å². The van der Waals surface area contributed by atoms with E-state index < -0.39 is 0 Å². The van der Waals surface area contributed by atoms with Gasteiger partial charge < -0.3 is 11.1 Å². The normalized spacial score (nSPS) is 10.8. The molecule has 5 heteroatoms. The van der Waals surface area contributed by atoms with Gasteiger partial charge in [-0.15, -0.1) is 0 Å². The minimum Gasteiger partial charge on any atom is -0.398 e. The Kier molecular flexibility index (Phi) is 3.62. The number of aryl methyl sites for hydroxylation is 1. The van der Waals surface area contributed by atoms with Crippen LogP contribution in [0.25, 0.3) is 10.9 Å². The Balaban J connectivity index is 2.11. The number of aromatic nitrogens is 1. The van der Waals surface area contributed by atoms with E-state index in [4.69, 9.17) is 28.9 Å². The molecule has 0 aliphatic rings. The molecule has 3 rings (SSSR count). The molecule has 0 saturated carbocycles. The zero-order valence-corrected chi connectivity index (χ0v) is 12.8. The third-order valence-corrected chi connectivity index (χ3v) is 4.04. The van der Waals surface area contributed by atoms with Crippen LogP contribution in [0.3, 0.4) is 0 Å². The molecule has 1 aromatic heterocycles. The molecule has 0 unspecified atom stereocenters. The summed E-state index contributed by atoms with van der Waals surface area (Å²) in [6.07, 6.45) is 1.73. The number of nitrogens with one attached hydrogen (secondary N) is 1. The summed E-state index contributed by atoms with van der Waals surface area (Å²) < 4.78 is 0. The second kappa shape index (κ2) is 5.43. The molecule has 1 heterocycles. The van der Waals surface area contributed by atoms with Crippen molar-refractivity contribution in [2.45, 2.75) is 6.92 Å². The van der Waals surface area contributed by atoms with E-state index in [1.54, 1.807) is 6.20 Å². The summed E-state index contributed by atoms with van der Waals surface area (Å²) in [5.74, 6) is 0. The summed E-state index contributed by atoms with van der Waals surface area (Å²) >= 11 is 12.4. The first-order valence-electron chi connectivity index (χ1n) is 6.42. The van der Waals surface area contributed by atoms with Crippen LogP contribution in [-0.2, 0) is 0 Å². The van der Waals surface area contributed by atoms with Crippen LogP contribution in [-0.4, -0.2) is 4.98 Å². The number of halogens is 2. The predicted molar refractivity (Wildman–Crippen MR) is 90.6 cm³/mol. The van der Waals surface area contributed by atoms with Crippen LogP contribution >= 0.6 is 23.2 Å². The molecular weight excluding hydrogens is 305 g/mol. The van der Waals surface area contributed by atoms with E-state index in [0.717, 1.165) is 27.8 Å². The summed E-state index contributed by atoms with van der Waals surface area (Å²) in [6, 6.07) is 11.2. The molecule has 0 bridgehead atoms. The van der Waals surface area contributed by atoms with Gasteiger partial charge in [0.1, 0.15) is 0 Å². The molecular formula is C16H13Cl2N3. The van der Waals surface area contributed by atoms with E-state index in [0.29, 0.717) is 15.7 Å². The lowest BCUT2D eigenvalue weighted by Gasteiger charge is -2.13. The SMILES string of the molecule is Cc1cc(Cl)c(Nc2ccc(N)c3cccnc23)cc1Cl. The summed E-state index contributed by atoms with van der Waals surface area (Å²) in [7, 11) is 0. The molecule has 0 amide bonds. The second-order valence-electron chi connectivity index (χ2n) is 4.81. The first kappa shape index (κ1) is 14.0. The fraction of sp³-hybridized carbons (Fsp3) is 0.0625. The lowest BCUT2D eigenvalue weighted by molar-refractivity contribution is 1.40. The molecule has 0 radical (unpaired) electrons. The quantitative estimate of drug-likeness (QED) is 0.640. The number of benzene rings is 2. The van der Waals surface area contributed by atoms with Crippen molar-refractivity contribution in [3.8, 4) is 0 Å². The highest BCUT2D eigenvalue weighted by Gasteiger charge is 2.09. The molecule has 0 fully saturated rings. The number of nitrogen functional groups attached to an aromatic ring is 1. The molecule has 21 heavy (non-hydrogen) atoms. The maximum Gasteiger partial charge on any atom is 0.0957 e. The Bertz CT molecular complexity index is 831. The van der Waals surface area contributed by atoms with Crippen molar-refractivity contribution in [1.82, 2.24) is 4.98 Å². The smallest absolute Gasteiger partial charge is 0.0957 e. The van der Waals surface area contributed by atoms with E-state index in [-0.39, 0.29) is 0 Å². The lowest BCUT2D eigenvalue weighted by Crippen LogP contribution is -1.96. The van der Waals surface area contributed by atoms with Crippen molar-refractivity contribution in [2.75, 3.05) is 11.1 Å². The molecule has 3 aromatic rings. The highest BCUT2D eigenvalue weighted by molar-refractivity contribution is 6.36. The van der Waals surface area contributed by atoms with Crippen molar-refractivity contribution < 1.29 is 0 Å². The van der Waals surface area contributed by atoms with Crippen LogP contribution in [0, 0.1) is 6.92 Å². The number of fused-ring (bicyclic) bond motifs is 1. The van der Waals surface area contributed by atoms with E-state index >= 15 is 0 Å². The number of rotatable bonds is 2. The summed E-state index contributed by atoms with van der Waals surface area (Å²) in [5.41, 5.74) is 9.98. The van der Waals surface area contributed by atoms with Crippen LogP contribution in [0.5, 0.6) is 0 Å². The van der Waals surface area contributed by atoms with Gasteiger partial charge in [-0.2, -0.15) is 0 Å². The maximum atomic E-state index is 6.27. The van der Waals surface area contributed by atoms with Gasteiger partial charge in [0.25, 0.3) is 0 Å². The molecule has 2 aromatic carbocycles. The van der Waals surface area contributed by atoms with Crippen molar-refractivity contribution in [3.63, 3.8) is 0 Å². The molecule has 0 aliphatic carbocycles. The first-order chi connectivity index (χ1) is 10.1. The molecule has 0 atom stereocenters. The molecule has 0 spiro atoms. The lowest BCUT2D eigenvalue weighted by atomic mass is 10.1. The molecule has 0 aliphatic heterocycles. The van der Waals surface area contributed by atoms with Crippen molar-refractivity contribution in [2.24, 2.45) is 0 Å². The van der Waals surface area contributed by atoms with Gasteiger partial charge in [-0.3, -0.25) is 4.98 Å². The van der Waals surface area contributed by atoms with Gasteiger partial charge in [-0.1, -0.05) is 23.2 Å². The number of anilines is 3. The molecule has 3 N–H and O–H groups in total. The monoisotopic (exact) mass is 317 g/mol. The molecule has 106 valence electrons. The summed E-state index contributed by atoms with van der Waals surface area (Å²) in [4.78, 5) is 4.39. The minimum absolute atomic E-state index is 0.609. The zero-order chi connectivity index (χ0) is 15.0. The summed E-state index contributed by atoms with van der Waals surface area (Å²) in [5, 5.41) is 5.45. The van der Waals surface area contributed by atoms with Crippen molar-refractivity contribution in [3.05, 3.63) is 58.2 Å². The van der Waals surface area contributed by atoms with Crippen LogP contribution in [0.2, 0.25) is 10.0 Å². The Hall–Kier alpha value is -1.97. The molecule has 3 nitrogen and oxygen atoms in total. The van der Waals surface area contributed by atoms with E-state index in [2.05, 4.69) is 10.3 Å². The highest BCUT2D eigenvalue weighted by Crippen LogP contribution is 2.34. The first-order valence-corrected chi connectivity index (χ1v) is 7.18. The van der Waals surface area contributed by atoms with Gasteiger partial charge in [-0.25, -0.2) is 0 Å². The van der Waals surface area contributed by atoms with Crippen LogP contribution in [0.1, 0.15) is 5.56 Å². The van der Waals surface area contributed by atoms with Gasteiger partial charge in [0.15, 0.2) is 0 Å². The van der Waals surface area contributed by atoms with Gasteiger partial charge in [0, 0.05) is 22.3 Å². The maximum absolute atomic E-state index is 6.27. The Morgan fingerprint density at radius 2 is 1.86 bits per heavy atom. The average Bonchev–Trinajstić information content (AvgIpc) is 2.48. The van der Waals surface area contributed by atoms with E-state index in [9.17, 15) is 0 Å². The van der Waals surface area contributed by atoms with E-state index in [1.807, 2.05) is 43.3 Å². The van der Waals surface area contributed by atoms with Gasteiger partial charge in [0.2, 0.25) is 0 Å². The third-order valence-electron chi connectivity index (χ3n) is 3.32. The van der Waals surface area contributed by atoms with Gasteiger partial charge in [-0.05, 0) is 48.9 Å². The minimum atomic E-state index is 0.609.